The van der Waals surface area contributed by atoms with E-state index in [1.807, 2.05) is 84.9 Å². The number of carbonyl (C=O) groups is 2. The Bertz CT molecular complexity index is 4560. The first kappa shape index (κ1) is 68.3. The van der Waals surface area contributed by atoms with Crippen molar-refractivity contribution < 1.29 is 69.5 Å². The van der Waals surface area contributed by atoms with Gasteiger partial charge in [-0.15, -0.1) is 0 Å². The third kappa shape index (κ3) is 16.0. The molecule has 98 heavy (non-hydrogen) atoms. The third-order valence-electron chi connectivity index (χ3n) is 15.8. The standard InChI is InChI=1S/C69H61Cl2N9O16P2/c1-86-52-27-19-48(20-28-52)69(47-17-10-5-11-18-47,49-21-29-53(87-2)30-22-49)88-41-58-56(40-62(91-58)80-44-75-63-64(73-43-74-65(63)80)78-67(82)46-15-8-4-9-16-46)96-98(85,94-55-33-25-51(71)26-34-55)90-42-59-57(95-97(84,89-38-12-36-72)93-54-31-23-50(70)24-32-54)39-61(92-59)79-37-35-60(77-68(79)83)76-66(81)45-13-6-3-7-14-45/h3-11,13-35,37,43-44,56-59,61-62H,12,38-42H2,1-2H3,(H,73,74,78,82)(H,76,77,81,83). The lowest BCUT2D eigenvalue weighted by Gasteiger charge is -2.37. The highest BCUT2D eigenvalue weighted by Gasteiger charge is 2.50. The van der Waals surface area contributed by atoms with Crippen LogP contribution in [0.1, 0.15) is 69.1 Å². The normalized spacial score (nSPS) is 18.8. The summed E-state index contributed by atoms with van der Waals surface area (Å²) in [5, 5.41) is 15.6. The van der Waals surface area contributed by atoms with Gasteiger partial charge in [0.1, 0.15) is 77.6 Å². The minimum absolute atomic E-state index is 0.0109. The molecule has 8 unspecified atom stereocenters. The van der Waals surface area contributed by atoms with E-state index in [0.717, 1.165) is 4.57 Å². The predicted octanol–water partition coefficient (Wildman–Crippen LogP) is 13.6. The van der Waals surface area contributed by atoms with Crippen LogP contribution >= 0.6 is 38.8 Å². The van der Waals surface area contributed by atoms with Gasteiger partial charge in [0.15, 0.2) is 17.0 Å². The van der Waals surface area contributed by atoms with Crippen LogP contribution in [-0.4, -0.2) is 99.3 Å². The van der Waals surface area contributed by atoms with E-state index in [1.165, 1.54) is 73.4 Å². The van der Waals surface area contributed by atoms with Gasteiger partial charge >= 0.3 is 21.3 Å². The van der Waals surface area contributed by atoms with Gasteiger partial charge < -0.3 is 43.4 Å². The number of imidazole rings is 1. The number of carbonyl (C=O) groups excluding carboxylic acids is 2. The first-order valence-electron chi connectivity index (χ1n) is 30.5. The Kier molecular flexibility index (Phi) is 21.5. The number of phosphoric ester groups is 2. The SMILES string of the molecule is COc1ccc(C(OCC2OC(n3cnc4c(NC(=O)c5ccccc5)ncnc43)CC2OP(=O)(OCC2OC(n3ccc(NC(=O)c4ccccc4)nc3=O)CC2OP(=O)(OCCC#N)Oc2ccc(Cl)cc2)Oc2ccc(Cl)cc2)(c2ccccc2)c2ccc(OC)cc2)cc1. The second-order valence-corrected chi connectivity index (χ2v) is 26.0. The van der Waals surface area contributed by atoms with Gasteiger partial charge in [-0.2, -0.15) is 10.2 Å². The summed E-state index contributed by atoms with van der Waals surface area (Å²) < 4.78 is 104. The molecule has 2 N–H and O–H groups in total. The fourth-order valence-electron chi connectivity index (χ4n) is 11.1. The van der Waals surface area contributed by atoms with Crippen LogP contribution in [0.2, 0.25) is 10.0 Å². The molecule has 2 saturated heterocycles. The van der Waals surface area contributed by atoms with Crippen LogP contribution in [0.4, 0.5) is 11.6 Å². The molecule has 2 amide bonds. The fourth-order valence-corrected chi connectivity index (χ4v) is 14.1. The number of rotatable bonds is 28. The van der Waals surface area contributed by atoms with Crippen LogP contribution < -0.4 is 34.8 Å². The molecule has 8 atom stereocenters. The van der Waals surface area contributed by atoms with Crippen LogP contribution in [0.3, 0.4) is 0 Å². The summed E-state index contributed by atoms with van der Waals surface area (Å²) in [5.41, 5.74) is 0.924. The number of nitriles is 1. The number of anilines is 2. The van der Waals surface area contributed by atoms with Crippen LogP contribution in [-0.2, 0) is 47.0 Å². The van der Waals surface area contributed by atoms with Crippen molar-refractivity contribution >= 4 is 73.5 Å². The molecule has 5 heterocycles. The van der Waals surface area contributed by atoms with Crippen LogP contribution in [0, 0.1) is 11.3 Å². The molecular formula is C69H61Cl2N9O16P2. The number of hydrogen-bond donors (Lipinski definition) is 2. The minimum Gasteiger partial charge on any atom is -0.497 e. The molecule has 3 aromatic heterocycles. The number of halogens is 2. The van der Waals surface area contributed by atoms with Crippen molar-refractivity contribution in [3.8, 4) is 29.1 Å². The molecule has 10 aromatic rings. The van der Waals surface area contributed by atoms with Crippen molar-refractivity contribution in [1.29, 1.82) is 5.26 Å². The van der Waals surface area contributed by atoms with Crippen LogP contribution in [0.15, 0.2) is 218 Å². The molecule has 2 fully saturated rings. The molecule has 0 aliphatic carbocycles. The van der Waals surface area contributed by atoms with Gasteiger partial charge in [-0.05, 0) is 120 Å². The molecule has 12 rings (SSSR count). The molecule has 29 heteroatoms. The number of methoxy groups -OCH3 is 2. The molecule has 25 nitrogen and oxygen atoms in total. The number of nitrogens with zero attached hydrogens (tertiary/aromatic N) is 7. The number of phosphoric acid groups is 2. The zero-order valence-electron chi connectivity index (χ0n) is 52.2. The van der Waals surface area contributed by atoms with Crippen molar-refractivity contribution in [3.63, 3.8) is 0 Å². The van der Waals surface area contributed by atoms with Crippen molar-refractivity contribution in [2.75, 3.05) is 44.7 Å². The third-order valence-corrected chi connectivity index (χ3v) is 19.2. The summed E-state index contributed by atoms with van der Waals surface area (Å²) in [5.74, 6) is 0.233. The lowest BCUT2D eigenvalue weighted by molar-refractivity contribution is -0.0936. The maximum Gasteiger partial charge on any atom is 0.530 e. The quantitative estimate of drug-likeness (QED) is 0.0261. The van der Waals surface area contributed by atoms with Crippen molar-refractivity contribution in [2.45, 2.75) is 61.7 Å². The Balaban J connectivity index is 0.914. The lowest BCUT2D eigenvalue weighted by atomic mass is 9.80. The molecular weight excluding hydrogens is 1340 g/mol. The minimum atomic E-state index is -5.10. The zero-order chi connectivity index (χ0) is 68.2. The van der Waals surface area contributed by atoms with Gasteiger partial charge in [0.25, 0.3) is 11.8 Å². The average Bonchev–Trinajstić information content (AvgIpc) is 0.856. The summed E-state index contributed by atoms with van der Waals surface area (Å²) in [6.07, 6.45) is -4.16. The van der Waals surface area contributed by atoms with E-state index >= 15 is 4.57 Å². The topological polar surface area (TPSA) is 296 Å². The van der Waals surface area contributed by atoms with E-state index in [4.69, 9.17) is 74.0 Å². The Morgan fingerprint density at radius 2 is 1.09 bits per heavy atom. The van der Waals surface area contributed by atoms with Gasteiger partial charge in [-0.3, -0.25) is 36.8 Å². The maximum atomic E-state index is 16.2. The Morgan fingerprint density at radius 1 is 0.602 bits per heavy atom. The van der Waals surface area contributed by atoms with Crippen LogP contribution in [0.5, 0.6) is 23.0 Å². The number of ether oxygens (including phenoxy) is 5. The predicted molar refractivity (Wildman–Crippen MR) is 359 cm³/mol. The van der Waals surface area contributed by atoms with E-state index in [9.17, 15) is 24.2 Å². The Morgan fingerprint density at radius 3 is 1.62 bits per heavy atom. The van der Waals surface area contributed by atoms with E-state index in [1.54, 1.807) is 79.5 Å². The monoisotopic (exact) mass is 1400 g/mol. The van der Waals surface area contributed by atoms with E-state index in [2.05, 4.69) is 30.6 Å². The first-order chi connectivity index (χ1) is 47.6. The number of nitrogens with one attached hydrogen (secondary N) is 2. The first-order valence-corrected chi connectivity index (χ1v) is 34.2. The zero-order valence-corrected chi connectivity index (χ0v) is 55.5. The van der Waals surface area contributed by atoms with Gasteiger partial charge in [-0.25, -0.2) is 28.9 Å². The van der Waals surface area contributed by atoms with Crippen molar-refractivity contribution in [3.05, 3.63) is 261 Å². The molecule has 7 aromatic carbocycles. The number of benzene rings is 7. The smallest absolute Gasteiger partial charge is 0.497 e. The number of amides is 2. The fraction of sp³-hybridized carbons (Fsp3) is 0.217. The van der Waals surface area contributed by atoms with Crippen LogP contribution in [0.25, 0.3) is 11.2 Å². The molecule has 502 valence electrons. The largest absolute Gasteiger partial charge is 0.530 e. The summed E-state index contributed by atoms with van der Waals surface area (Å²) in [6, 6.07) is 56.2. The average molecular weight is 1410 g/mol. The highest BCUT2D eigenvalue weighted by atomic mass is 35.5. The van der Waals surface area contributed by atoms with E-state index in [0.29, 0.717) is 49.4 Å². The molecule has 0 radical (unpaired) electrons. The summed E-state index contributed by atoms with van der Waals surface area (Å²) >= 11 is 12.6. The van der Waals surface area contributed by atoms with Crippen molar-refractivity contribution in [1.82, 2.24) is 29.1 Å². The Labute approximate surface area is 571 Å². The van der Waals surface area contributed by atoms with Gasteiger partial charge in [-0.1, -0.05) is 114 Å². The summed E-state index contributed by atoms with van der Waals surface area (Å²) in [6.45, 7) is -1.46. The molecule has 0 bridgehead atoms. The Hall–Kier alpha value is -9.64. The highest BCUT2D eigenvalue weighted by Crippen LogP contribution is 2.57. The second-order valence-electron chi connectivity index (χ2n) is 22.0. The number of aromatic nitrogens is 6. The van der Waals surface area contributed by atoms with E-state index in [-0.39, 0.29) is 60.2 Å². The molecule has 2 aliphatic rings. The summed E-state index contributed by atoms with van der Waals surface area (Å²) in [7, 11) is -6.75. The molecule has 0 saturated carbocycles. The van der Waals surface area contributed by atoms with Crippen molar-refractivity contribution in [2.24, 2.45) is 0 Å². The van der Waals surface area contributed by atoms with Gasteiger partial charge in [0.2, 0.25) is 0 Å². The number of fused-ring (bicyclic) bond motifs is 1. The van der Waals surface area contributed by atoms with E-state index < -0.39 is 88.8 Å². The second kappa shape index (κ2) is 30.8. The lowest BCUT2D eigenvalue weighted by Crippen LogP contribution is -2.38. The number of hydrogen-bond acceptors (Lipinski definition) is 21. The maximum absolute atomic E-state index is 16.2. The summed E-state index contributed by atoms with van der Waals surface area (Å²) in [4.78, 5) is 58.4. The molecule has 2 aliphatic heterocycles. The highest BCUT2D eigenvalue weighted by molar-refractivity contribution is 7.49. The van der Waals surface area contributed by atoms with Gasteiger partial charge in [0.05, 0.1) is 52.9 Å². The van der Waals surface area contributed by atoms with Gasteiger partial charge in [0, 0.05) is 40.2 Å². The molecule has 0 spiro atoms.